The lowest BCUT2D eigenvalue weighted by Crippen LogP contribution is -2.54. The van der Waals surface area contributed by atoms with Gasteiger partial charge < -0.3 is 25.3 Å². The van der Waals surface area contributed by atoms with Gasteiger partial charge in [-0.3, -0.25) is 4.99 Å². The molecule has 0 saturated carbocycles. The van der Waals surface area contributed by atoms with E-state index in [9.17, 15) is 23.1 Å². The summed E-state index contributed by atoms with van der Waals surface area (Å²) in [6.07, 6.45) is -1.67. The van der Waals surface area contributed by atoms with E-state index in [2.05, 4.69) is 15.0 Å². The molecule has 0 spiro atoms. The summed E-state index contributed by atoms with van der Waals surface area (Å²) in [5, 5.41) is 12.5. The molecule has 1 unspecified atom stereocenters. The number of aliphatic carboxylic acids is 1. The molecule has 0 aliphatic heterocycles. The minimum absolute atomic E-state index is 0.0160. The topological polar surface area (TPSA) is 169 Å². The van der Waals surface area contributed by atoms with E-state index >= 15 is 0 Å². The fourth-order valence-electron chi connectivity index (χ4n) is 3.47. The number of amides is 1. The van der Waals surface area contributed by atoms with Crippen molar-refractivity contribution in [1.82, 2.24) is 10.0 Å². The summed E-state index contributed by atoms with van der Waals surface area (Å²) in [6.45, 7) is 11.8. The number of nitrogens with two attached hydrogens (primary N) is 1. The first-order valence-corrected chi connectivity index (χ1v) is 17.7. The van der Waals surface area contributed by atoms with Gasteiger partial charge in [-0.05, 0) is 55.6 Å². The van der Waals surface area contributed by atoms with Crippen molar-refractivity contribution in [1.29, 1.82) is 0 Å². The second-order valence-electron chi connectivity index (χ2n) is 11.3. The Morgan fingerprint density at radius 2 is 1.68 bits per heavy atom. The molecule has 13 heteroatoms. The molecule has 1 amide bonds. The Hall–Kier alpha value is -3.42. The average Bonchev–Trinajstić information content (AvgIpc) is 2.87. The van der Waals surface area contributed by atoms with Gasteiger partial charge in [-0.25, -0.2) is 22.7 Å². The van der Waals surface area contributed by atoms with Crippen LogP contribution in [-0.4, -0.2) is 58.6 Å². The Kier molecular flexibility index (Phi) is 11.9. The van der Waals surface area contributed by atoms with Crippen molar-refractivity contribution in [2.45, 2.75) is 82.3 Å². The third-order valence-corrected chi connectivity index (χ3v) is 12.7. The number of carbonyl (C=O) groups is 2. The van der Waals surface area contributed by atoms with Gasteiger partial charge in [0.05, 0.1) is 10.9 Å². The van der Waals surface area contributed by atoms with Gasteiger partial charge in [0.1, 0.15) is 6.61 Å². The van der Waals surface area contributed by atoms with Crippen molar-refractivity contribution in [3.05, 3.63) is 65.7 Å². The quantitative estimate of drug-likeness (QED) is 0.114. The van der Waals surface area contributed by atoms with Crippen molar-refractivity contribution in [3.8, 4) is 0 Å². The van der Waals surface area contributed by atoms with Gasteiger partial charge in [-0.1, -0.05) is 68.8 Å². The molecule has 0 aliphatic carbocycles. The molecule has 11 nitrogen and oxygen atoms in total. The standard InChI is InChI=1S/C28H42N4O7SSi/c1-20-14-16-22(17-15-20)40(36,37)32-26(29)30-18-10-13-23(24(25(33)34)39-41(5,6)28(2,3)4)31-27(35)38-19-21-11-8-7-9-12-21/h7-9,11-12,14-17,23-24H,10,13,18-19H2,1-6H3,(H,31,35)(H,33,34)(H3,29,30,32)/t23-,24?/m0/s1. The number of benzene rings is 2. The second-order valence-corrected chi connectivity index (χ2v) is 17.7. The van der Waals surface area contributed by atoms with Crippen LogP contribution < -0.4 is 15.8 Å². The smallest absolute Gasteiger partial charge is 0.407 e. The minimum atomic E-state index is -3.91. The molecule has 41 heavy (non-hydrogen) atoms. The first-order valence-electron chi connectivity index (χ1n) is 13.3. The molecular weight excluding hydrogens is 564 g/mol. The summed E-state index contributed by atoms with van der Waals surface area (Å²) in [7, 11) is -6.45. The fraction of sp³-hybridized carbons (Fsp3) is 0.464. The minimum Gasteiger partial charge on any atom is -0.479 e. The van der Waals surface area contributed by atoms with Crippen LogP contribution in [0, 0.1) is 6.92 Å². The maximum atomic E-state index is 12.7. The van der Waals surface area contributed by atoms with Gasteiger partial charge in [-0.2, -0.15) is 0 Å². The number of rotatable bonds is 13. The zero-order valence-electron chi connectivity index (χ0n) is 24.5. The molecule has 0 fully saturated rings. The van der Waals surface area contributed by atoms with Crippen LogP contribution in [0.25, 0.3) is 0 Å². The predicted octanol–water partition coefficient (Wildman–Crippen LogP) is 4.14. The molecule has 0 bridgehead atoms. The van der Waals surface area contributed by atoms with E-state index in [0.717, 1.165) is 11.1 Å². The molecule has 226 valence electrons. The van der Waals surface area contributed by atoms with E-state index in [0.29, 0.717) is 0 Å². The van der Waals surface area contributed by atoms with Crippen LogP contribution in [0.2, 0.25) is 18.1 Å². The largest absolute Gasteiger partial charge is 0.479 e. The van der Waals surface area contributed by atoms with Crippen LogP contribution in [-0.2, 0) is 30.6 Å². The van der Waals surface area contributed by atoms with Gasteiger partial charge in [0.15, 0.2) is 14.4 Å². The number of nitrogens with one attached hydrogen (secondary N) is 2. The maximum absolute atomic E-state index is 12.7. The number of carbonyl (C=O) groups excluding carboxylic acids is 1. The Balaban J connectivity index is 2.12. The van der Waals surface area contributed by atoms with Crippen LogP contribution in [0.1, 0.15) is 44.7 Å². The van der Waals surface area contributed by atoms with Crippen LogP contribution in [0.4, 0.5) is 4.79 Å². The lowest BCUT2D eigenvalue weighted by molar-refractivity contribution is -0.147. The van der Waals surface area contributed by atoms with Gasteiger partial charge in [0.2, 0.25) is 5.96 Å². The van der Waals surface area contributed by atoms with E-state index < -0.39 is 42.5 Å². The van der Waals surface area contributed by atoms with Crippen molar-refractivity contribution in [2.75, 3.05) is 6.54 Å². The van der Waals surface area contributed by atoms with Gasteiger partial charge in [-0.15, -0.1) is 0 Å². The normalized spacial score (nSPS) is 14.1. The number of hydrogen-bond donors (Lipinski definition) is 4. The van der Waals surface area contributed by atoms with Crippen molar-refractivity contribution in [3.63, 3.8) is 0 Å². The average molecular weight is 607 g/mol. The Morgan fingerprint density at radius 1 is 1.07 bits per heavy atom. The lowest BCUT2D eigenvalue weighted by Gasteiger charge is -2.40. The van der Waals surface area contributed by atoms with Gasteiger partial charge in [0, 0.05) is 6.54 Å². The molecule has 2 aromatic rings. The summed E-state index contributed by atoms with van der Waals surface area (Å²) in [5.41, 5.74) is 7.51. The summed E-state index contributed by atoms with van der Waals surface area (Å²) < 4.78 is 38.9. The zero-order chi connectivity index (χ0) is 30.8. The Morgan fingerprint density at radius 3 is 2.24 bits per heavy atom. The van der Waals surface area contributed by atoms with Crippen LogP contribution in [0.5, 0.6) is 0 Å². The third-order valence-electron chi connectivity index (χ3n) is 6.88. The highest BCUT2D eigenvalue weighted by Gasteiger charge is 2.43. The number of aliphatic imine (C=N–C) groups is 1. The number of guanidine groups is 1. The number of carboxylic acid groups (broad SMARTS) is 1. The highest BCUT2D eigenvalue weighted by molar-refractivity contribution is 7.90. The maximum Gasteiger partial charge on any atom is 0.407 e. The molecule has 0 saturated heterocycles. The van der Waals surface area contributed by atoms with Crippen molar-refractivity contribution < 1.29 is 32.3 Å². The summed E-state index contributed by atoms with van der Waals surface area (Å²) >= 11 is 0. The summed E-state index contributed by atoms with van der Waals surface area (Å²) in [5.74, 6) is -1.51. The van der Waals surface area contributed by atoms with E-state index in [-0.39, 0.29) is 41.9 Å². The van der Waals surface area contributed by atoms with Crippen LogP contribution >= 0.6 is 0 Å². The monoisotopic (exact) mass is 606 g/mol. The summed E-state index contributed by atoms with van der Waals surface area (Å²) in [4.78, 5) is 29.1. The Bertz CT molecular complexity index is 1290. The van der Waals surface area contributed by atoms with E-state index in [4.69, 9.17) is 14.9 Å². The molecular formula is C28H42N4O7SSi. The fourth-order valence-corrected chi connectivity index (χ4v) is 5.68. The highest BCUT2D eigenvalue weighted by Crippen LogP contribution is 2.38. The molecule has 5 N–H and O–H groups in total. The molecule has 0 aromatic heterocycles. The molecule has 2 rings (SSSR count). The van der Waals surface area contributed by atoms with Crippen LogP contribution in [0.3, 0.4) is 0 Å². The SMILES string of the molecule is Cc1ccc(S(=O)(=O)NC(N)=NCCC[C@H](NC(=O)OCc2ccccc2)C(O[Si](C)(C)C(C)(C)C)C(=O)O)cc1. The number of alkyl carbamates (subject to hydrolysis) is 1. The van der Waals surface area contributed by atoms with Gasteiger partial charge in [0.25, 0.3) is 10.0 Å². The first-order chi connectivity index (χ1) is 19.0. The molecule has 0 radical (unpaired) electrons. The number of nitrogens with zero attached hydrogens (tertiary/aromatic N) is 1. The number of carboxylic acids is 1. The van der Waals surface area contributed by atoms with Crippen molar-refractivity contribution >= 4 is 36.4 Å². The predicted molar refractivity (Wildman–Crippen MR) is 160 cm³/mol. The first kappa shape index (κ1) is 33.8. The molecule has 0 heterocycles. The van der Waals surface area contributed by atoms with Gasteiger partial charge >= 0.3 is 12.1 Å². The van der Waals surface area contributed by atoms with E-state index in [1.807, 2.05) is 59.0 Å². The number of ether oxygens (including phenoxy) is 1. The zero-order valence-corrected chi connectivity index (χ0v) is 26.3. The Labute approximate surface area is 243 Å². The highest BCUT2D eigenvalue weighted by atomic mass is 32.2. The molecule has 0 aliphatic rings. The number of aryl methyl sites for hydroxylation is 1. The van der Waals surface area contributed by atoms with E-state index in [1.165, 1.54) is 12.1 Å². The molecule has 2 aromatic carbocycles. The third kappa shape index (κ3) is 10.8. The molecule has 2 atom stereocenters. The summed E-state index contributed by atoms with van der Waals surface area (Å²) in [6, 6.07) is 14.4. The second kappa shape index (κ2) is 14.5. The van der Waals surface area contributed by atoms with Crippen molar-refractivity contribution in [2.24, 2.45) is 10.7 Å². The lowest BCUT2D eigenvalue weighted by atomic mass is 10.1. The van der Waals surface area contributed by atoms with Crippen LogP contribution in [0.15, 0.2) is 64.5 Å². The number of hydrogen-bond acceptors (Lipinski definition) is 7. The number of sulfonamides is 1. The van der Waals surface area contributed by atoms with E-state index in [1.54, 1.807) is 24.3 Å².